The minimum absolute atomic E-state index is 0.0150. The first kappa shape index (κ1) is 15.6. The second kappa shape index (κ2) is 6.76. The summed E-state index contributed by atoms with van der Waals surface area (Å²) in [6.07, 6.45) is 5.38. The van der Waals surface area contributed by atoms with Crippen molar-refractivity contribution in [3.8, 4) is 5.75 Å². The molecule has 0 saturated heterocycles. The van der Waals surface area contributed by atoms with Gasteiger partial charge in [0.15, 0.2) is 5.75 Å². The van der Waals surface area contributed by atoms with Gasteiger partial charge in [0.1, 0.15) is 5.69 Å². The quantitative estimate of drug-likeness (QED) is 0.621. The maximum atomic E-state index is 11.3. The number of rotatable bonds is 6. The van der Waals surface area contributed by atoms with Crippen LogP contribution in [0.3, 0.4) is 0 Å². The average Bonchev–Trinajstić information content (AvgIpc) is 2.46. The van der Waals surface area contributed by atoms with E-state index < -0.39 is 4.92 Å². The number of hydrogen-bond donors (Lipinski definition) is 2. The fourth-order valence-electron chi connectivity index (χ4n) is 2.83. The second-order valence-corrected chi connectivity index (χ2v) is 5.62. The lowest BCUT2D eigenvalue weighted by atomic mass is 9.82. The van der Waals surface area contributed by atoms with Gasteiger partial charge < -0.3 is 15.8 Å². The summed E-state index contributed by atoms with van der Waals surface area (Å²) in [4.78, 5) is 10.9. The van der Waals surface area contributed by atoms with Crippen LogP contribution < -0.4 is 15.8 Å². The lowest BCUT2D eigenvalue weighted by Gasteiger charge is -2.33. The van der Waals surface area contributed by atoms with Crippen LogP contribution in [0.4, 0.5) is 11.4 Å². The summed E-state index contributed by atoms with van der Waals surface area (Å²) < 4.78 is 5.34. The zero-order chi connectivity index (χ0) is 15.3. The normalized spacial score (nSPS) is 17.2. The highest BCUT2D eigenvalue weighted by Gasteiger charge is 2.29. The fraction of sp³-hybridized carbons (Fsp3) is 0.600. The molecule has 6 nitrogen and oxygen atoms in total. The molecule has 0 heterocycles. The van der Waals surface area contributed by atoms with E-state index in [1.165, 1.54) is 6.42 Å². The maximum absolute atomic E-state index is 11.3. The molecule has 0 radical (unpaired) electrons. The van der Waals surface area contributed by atoms with Gasteiger partial charge in [0.2, 0.25) is 0 Å². The van der Waals surface area contributed by atoms with Crippen LogP contribution in [0.25, 0.3) is 0 Å². The largest absolute Gasteiger partial charge is 0.487 e. The highest BCUT2D eigenvalue weighted by atomic mass is 16.6. The Morgan fingerprint density at radius 2 is 2.10 bits per heavy atom. The molecule has 0 spiro atoms. The van der Waals surface area contributed by atoms with Crippen molar-refractivity contribution in [3.63, 3.8) is 0 Å². The third-order valence-electron chi connectivity index (χ3n) is 3.96. The number of nitrogens with zero attached hydrogens (tertiary/aromatic N) is 1. The fourth-order valence-corrected chi connectivity index (χ4v) is 2.83. The van der Waals surface area contributed by atoms with E-state index in [1.54, 1.807) is 25.1 Å². The first-order valence-electron chi connectivity index (χ1n) is 7.49. The number of hydrogen-bond acceptors (Lipinski definition) is 5. The average molecular weight is 293 g/mol. The summed E-state index contributed by atoms with van der Waals surface area (Å²) >= 11 is 0. The Morgan fingerprint density at radius 3 is 2.71 bits per heavy atom. The summed E-state index contributed by atoms with van der Waals surface area (Å²) in [6, 6.07) is 5.07. The van der Waals surface area contributed by atoms with Crippen molar-refractivity contribution >= 4 is 11.4 Å². The number of nitro benzene ring substituents is 1. The number of nitro groups is 1. The monoisotopic (exact) mass is 293 g/mol. The Kier molecular flexibility index (Phi) is 5.01. The number of benzene rings is 1. The molecule has 2 rings (SSSR count). The minimum Gasteiger partial charge on any atom is -0.487 e. The zero-order valence-corrected chi connectivity index (χ0v) is 12.4. The van der Waals surface area contributed by atoms with Crippen molar-refractivity contribution in [2.45, 2.75) is 44.6 Å². The third kappa shape index (κ3) is 3.85. The standard InChI is InChI=1S/C15H23N3O3/c1-2-21-13-8-6-7-12(14(13)18(19)20)17-11-15(16)9-4-3-5-10-15/h6-8,17H,2-5,9-11,16H2,1H3. The van der Waals surface area contributed by atoms with Crippen LogP contribution in [-0.2, 0) is 0 Å². The summed E-state index contributed by atoms with van der Waals surface area (Å²) in [5.74, 6) is 0.294. The van der Waals surface area contributed by atoms with E-state index in [0.717, 1.165) is 25.7 Å². The molecule has 0 bridgehead atoms. The number of anilines is 1. The van der Waals surface area contributed by atoms with Crippen LogP contribution >= 0.6 is 0 Å². The first-order chi connectivity index (χ1) is 10.1. The Morgan fingerprint density at radius 1 is 1.38 bits per heavy atom. The molecular formula is C15H23N3O3. The number of nitrogens with one attached hydrogen (secondary N) is 1. The molecule has 0 amide bonds. The van der Waals surface area contributed by atoms with Crippen molar-refractivity contribution in [3.05, 3.63) is 28.3 Å². The van der Waals surface area contributed by atoms with Crippen molar-refractivity contribution < 1.29 is 9.66 Å². The lowest BCUT2D eigenvalue weighted by molar-refractivity contribution is -0.384. The van der Waals surface area contributed by atoms with Crippen LogP contribution in [0.15, 0.2) is 18.2 Å². The van der Waals surface area contributed by atoms with Gasteiger partial charge in [-0.25, -0.2) is 0 Å². The van der Waals surface area contributed by atoms with Crippen molar-refractivity contribution in [2.75, 3.05) is 18.5 Å². The molecule has 0 aliphatic heterocycles. The summed E-state index contributed by atoms with van der Waals surface area (Å²) in [6.45, 7) is 2.75. The summed E-state index contributed by atoms with van der Waals surface area (Å²) in [7, 11) is 0. The van der Waals surface area contributed by atoms with Crippen LogP contribution in [0.2, 0.25) is 0 Å². The molecule has 1 aliphatic carbocycles. The smallest absolute Gasteiger partial charge is 0.333 e. The van der Waals surface area contributed by atoms with Crippen molar-refractivity contribution in [2.24, 2.45) is 5.73 Å². The Balaban J connectivity index is 2.15. The maximum Gasteiger partial charge on any atom is 0.333 e. The van der Waals surface area contributed by atoms with Crippen molar-refractivity contribution in [1.82, 2.24) is 0 Å². The van der Waals surface area contributed by atoms with E-state index in [4.69, 9.17) is 10.5 Å². The molecule has 1 aromatic rings. The van der Waals surface area contributed by atoms with Gasteiger partial charge in [0.25, 0.3) is 0 Å². The van der Waals surface area contributed by atoms with Crippen LogP contribution in [0.1, 0.15) is 39.0 Å². The molecule has 1 aromatic carbocycles. The van der Waals surface area contributed by atoms with Crippen LogP contribution in [0, 0.1) is 10.1 Å². The van der Waals surface area contributed by atoms with Gasteiger partial charge in [-0.2, -0.15) is 0 Å². The topological polar surface area (TPSA) is 90.4 Å². The lowest BCUT2D eigenvalue weighted by Crippen LogP contribution is -2.47. The van der Waals surface area contributed by atoms with Gasteiger partial charge in [-0.1, -0.05) is 25.3 Å². The van der Waals surface area contributed by atoms with Gasteiger partial charge in [0, 0.05) is 12.1 Å². The molecular weight excluding hydrogens is 270 g/mol. The summed E-state index contributed by atoms with van der Waals surface area (Å²) in [5.41, 5.74) is 6.55. The molecule has 21 heavy (non-hydrogen) atoms. The molecule has 116 valence electrons. The van der Waals surface area contributed by atoms with Crippen LogP contribution in [-0.4, -0.2) is 23.6 Å². The molecule has 0 unspecified atom stereocenters. The van der Waals surface area contributed by atoms with Gasteiger partial charge in [-0.05, 0) is 31.9 Å². The minimum atomic E-state index is -0.405. The number of para-hydroxylation sites is 1. The third-order valence-corrected chi connectivity index (χ3v) is 3.96. The second-order valence-electron chi connectivity index (χ2n) is 5.62. The molecule has 0 atom stereocenters. The van der Waals surface area contributed by atoms with Gasteiger partial charge >= 0.3 is 5.69 Å². The Hall–Kier alpha value is -1.82. The molecule has 0 aromatic heterocycles. The predicted octanol–water partition coefficient (Wildman–Crippen LogP) is 3.07. The van der Waals surface area contributed by atoms with Gasteiger partial charge in [-0.3, -0.25) is 10.1 Å². The molecule has 3 N–H and O–H groups in total. The molecule has 1 aliphatic rings. The molecule has 6 heteroatoms. The van der Waals surface area contributed by atoms with Gasteiger partial charge in [-0.15, -0.1) is 0 Å². The number of nitrogens with two attached hydrogens (primary N) is 1. The molecule has 1 fully saturated rings. The van der Waals surface area contributed by atoms with Crippen LogP contribution in [0.5, 0.6) is 5.75 Å². The first-order valence-corrected chi connectivity index (χ1v) is 7.49. The van der Waals surface area contributed by atoms with E-state index in [2.05, 4.69) is 5.32 Å². The van der Waals surface area contributed by atoms with Gasteiger partial charge in [0.05, 0.1) is 11.5 Å². The van der Waals surface area contributed by atoms with Crippen molar-refractivity contribution in [1.29, 1.82) is 0 Å². The summed E-state index contributed by atoms with van der Waals surface area (Å²) in [5, 5.41) is 14.5. The Labute approximate surface area is 124 Å². The Bertz CT molecular complexity index is 499. The van der Waals surface area contributed by atoms with E-state index in [9.17, 15) is 10.1 Å². The highest BCUT2D eigenvalue weighted by Crippen LogP contribution is 2.35. The highest BCUT2D eigenvalue weighted by molar-refractivity contribution is 5.68. The molecule has 1 saturated carbocycles. The van der Waals surface area contributed by atoms with E-state index in [0.29, 0.717) is 24.6 Å². The van der Waals surface area contributed by atoms with E-state index in [1.807, 2.05) is 0 Å². The predicted molar refractivity (Wildman–Crippen MR) is 82.8 cm³/mol. The van der Waals surface area contributed by atoms with E-state index in [-0.39, 0.29) is 11.2 Å². The zero-order valence-electron chi connectivity index (χ0n) is 12.4. The number of ether oxygens (including phenoxy) is 1. The van der Waals surface area contributed by atoms with E-state index >= 15 is 0 Å². The SMILES string of the molecule is CCOc1cccc(NCC2(N)CCCCC2)c1[N+](=O)[O-].